The van der Waals surface area contributed by atoms with E-state index in [1.165, 1.54) is 6.92 Å². The van der Waals surface area contributed by atoms with E-state index in [0.29, 0.717) is 28.3 Å². The molecule has 34 heavy (non-hydrogen) atoms. The molecule has 0 saturated heterocycles. The van der Waals surface area contributed by atoms with E-state index in [2.05, 4.69) is 22.4 Å². The first-order chi connectivity index (χ1) is 16.3. The molecule has 0 heterocycles. The number of ether oxygens (including phenoxy) is 2. The fraction of sp³-hybridized carbons (Fsp3) is 0.292. The summed E-state index contributed by atoms with van der Waals surface area (Å²) in [5.74, 6) is 0.218. The van der Waals surface area contributed by atoms with Crippen molar-refractivity contribution < 1.29 is 33.7 Å². The normalized spacial score (nSPS) is 12.9. The van der Waals surface area contributed by atoms with Gasteiger partial charge in [0.1, 0.15) is 43.6 Å². The minimum atomic E-state index is -1.19. The summed E-state index contributed by atoms with van der Waals surface area (Å²) in [5, 5.41) is 25.8. The quantitative estimate of drug-likeness (QED) is 0.197. The van der Waals surface area contributed by atoms with Crippen LogP contribution in [-0.2, 0) is 9.59 Å². The van der Waals surface area contributed by atoms with Crippen molar-refractivity contribution in [3.05, 3.63) is 72.3 Å². The van der Waals surface area contributed by atoms with Gasteiger partial charge in [0.2, 0.25) is 11.8 Å². The number of amides is 2. The molecule has 0 spiro atoms. The van der Waals surface area contributed by atoms with E-state index in [-0.39, 0.29) is 31.6 Å². The number of carbonyl (C=O) groups is 2. The Balaban J connectivity index is 2.08. The van der Waals surface area contributed by atoms with Crippen molar-refractivity contribution in [2.75, 3.05) is 26.4 Å². The van der Waals surface area contributed by atoms with Crippen LogP contribution in [0.15, 0.2) is 66.3 Å². The molecule has 182 valence electrons. The Morgan fingerprint density at radius 1 is 1.00 bits per heavy atom. The topological polar surface area (TPSA) is 129 Å². The number of benzene rings is 2. The van der Waals surface area contributed by atoms with Gasteiger partial charge in [-0.15, -0.1) is 0 Å². The standard InChI is InChI=1S/C24H28FN3O6/c1-3-23(32)26-13-20(31)15-34-22-10-6-18(7-11-22)24(28-27-16(2)29)17-4-8-21(9-5-17)33-14-19(30)12-25/h3-11,19-20,30-31H,1,12-15H2,2H3,(H,26,32)(H,27,29)/b28-24-. The molecule has 0 aliphatic heterocycles. The van der Waals surface area contributed by atoms with Gasteiger partial charge in [0, 0.05) is 24.6 Å². The van der Waals surface area contributed by atoms with Gasteiger partial charge in [-0.25, -0.2) is 9.82 Å². The second-order valence-electron chi connectivity index (χ2n) is 7.21. The molecule has 0 radical (unpaired) electrons. The third kappa shape index (κ3) is 9.00. The minimum Gasteiger partial charge on any atom is -0.491 e. The van der Waals surface area contributed by atoms with Gasteiger partial charge in [0.15, 0.2) is 0 Å². The van der Waals surface area contributed by atoms with Crippen molar-refractivity contribution in [1.29, 1.82) is 0 Å². The van der Waals surface area contributed by atoms with Crippen LogP contribution in [0.4, 0.5) is 4.39 Å². The SMILES string of the molecule is C=CC(=O)NCC(O)COc1ccc(/C(=N\NC(C)=O)c2ccc(OCC(O)CF)cc2)cc1. The molecule has 0 aliphatic rings. The summed E-state index contributed by atoms with van der Waals surface area (Å²) < 4.78 is 23.2. The zero-order chi connectivity index (χ0) is 24.9. The van der Waals surface area contributed by atoms with Crippen molar-refractivity contribution in [3.8, 4) is 11.5 Å². The molecular formula is C24H28FN3O6. The summed E-state index contributed by atoms with van der Waals surface area (Å²) in [6.07, 6.45) is -0.971. The number of halogens is 1. The number of nitrogens with one attached hydrogen (secondary N) is 2. The zero-order valence-corrected chi connectivity index (χ0v) is 18.7. The van der Waals surface area contributed by atoms with Gasteiger partial charge in [0.05, 0.1) is 5.71 Å². The maximum Gasteiger partial charge on any atom is 0.243 e. The van der Waals surface area contributed by atoms with Crippen molar-refractivity contribution in [3.63, 3.8) is 0 Å². The minimum absolute atomic E-state index is 0.0256. The average Bonchev–Trinajstić information content (AvgIpc) is 2.85. The predicted molar refractivity (Wildman–Crippen MR) is 125 cm³/mol. The van der Waals surface area contributed by atoms with Gasteiger partial charge in [-0.1, -0.05) is 6.58 Å². The molecule has 0 aromatic heterocycles. The van der Waals surface area contributed by atoms with E-state index < -0.39 is 18.9 Å². The Labute approximate surface area is 196 Å². The van der Waals surface area contributed by atoms with Crippen LogP contribution in [0.2, 0.25) is 0 Å². The van der Waals surface area contributed by atoms with Gasteiger partial charge >= 0.3 is 0 Å². The second-order valence-corrected chi connectivity index (χ2v) is 7.21. The highest BCUT2D eigenvalue weighted by molar-refractivity contribution is 6.13. The average molecular weight is 474 g/mol. The molecule has 10 heteroatoms. The zero-order valence-electron chi connectivity index (χ0n) is 18.7. The predicted octanol–water partition coefficient (Wildman–Crippen LogP) is 1.33. The van der Waals surface area contributed by atoms with E-state index in [1.807, 2.05) is 0 Å². The van der Waals surface area contributed by atoms with E-state index in [1.54, 1.807) is 48.5 Å². The van der Waals surface area contributed by atoms with Gasteiger partial charge in [-0.2, -0.15) is 5.10 Å². The van der Waals surface area contributed by atoms with E-state index >= 15 is 0 Å². The van der Waals surface area contributed by atoms with Gasteiger partial charge in [-0.05, 0) is 54.6 Å². The molecule has 2 atom stereocenters. The number of hydrogen-bond donors (Lipinski definition) is 4. The maximum absolute atomic E-state index is 12.4. The summed E-state index contributed by atoms with van der Waals surface area (Å²) in [5.41, 5.74) is 4.26. The Morgan fingerprint density at radius 2 is 1.50 bits per heavy atom. The number of hydrazone groups is 1. The summed E-state index contributed by atoms with van der Waals surface area (Å²) in [6, 6.07) is 13.6. The van der Waals surface area contributed by atoms with Crippen molar-refractivity contribution >= 4 is 17.5 Å². The molecule has 2 aromatic carbocycles. The highest BCUT2D eigenvalue weighted by Crippen LogP contribution is 2.19. The Morgan fingerprint density at radius 3 is 1.94 bits per heavy atom. The Kier molecular flexibility index (Phi) is 10.7. The first-order valence-electron chi connectivity index (χ1n) is 10.5. The molecular weight excluding hydrogens is 445 g/mol. The molecule has 2 aromatic rings. The van der Waals surface area contributed by atoms with Crippen LogP contribution < -0.4 is 20.2 Å². The van der Waals surface area contributed by atoms with Crippen LogP contribution in [0.5, 0.6) is 11.5 Å². The summed E-state index contributed by atoms with van der Waals surface area (Å²) in [7, 11) is 0. The van der Waals surface area contributed by atoms with Gasteiger partial charge < -0.3 is 25.0 Å². The van der Waals surface area contributed by atoms with E-state index in [9.17, 15) is 24.2 Å². The molecule has 0 fully saturated rings. The third-order valence-electron chi connectivity index (χ3n) is 4.34. The lowest BCUT2D eigenvalue weighted by Gasteiger charge is -2.14. The van der Waals surface area contributed by atoms with Crippen LogP contribution in [0.1, 0.15) is 18.1 Å². The largest absolute Gasteiger partial charge is 0.491 e. The molecule has 2 rings (SSSR count). The summed E-state index contributed by atoms with van der Waals surface area (Å²) in [4.78, 5) is 22.5. The van der Waals surface area contributed by atoms with Crippen LogP contribution >= 0.6 is 0 Å². The number of alkyl halides is 1. The maximum atomic E-state index is 12.4. The van der Waals surface area contributed by atoms with E-state index in [0.717, 1.165) is 6.08 Å². The third-order valence-corrected chi connectivity index (χ3v) is 4.34. The molecule has 0 saturated carbocycles. The fourth-order valence-corrected chi connectivity index (χ4v) is 2.63. The number of carbonyl (C=O) groups excluding carboxylic acids is 2. The van der Waals surface area contributed by atoms with Crippen LogP contribution in [-0.4, -0.2) is 66.4 Å². The monoisotopic (exact) mass is 473 g/mol. The van der Waals surface area contributed by atoms with Crippen LogP contribution in [0.25, 0.3) is 0 Å². The number of rotatable bonds is 13. The molecule has 0 bridgehead atoms. The molecule has 0 aliphatic carbocycles. The van der Waals surface area contributed by atoms with Crippen LogP contribution in [0.3, 0.4) is 0 Å². The first-order valence-corrected chi connectivity index (χ1v) is 10.5. The molecule has 2 unspecified atom stereocenters. The highest BCUT2D eigenvalue weighted by Gasteiger charge is 2.11. The van der Waals surface area contributed by atoms with Crippen molar-refractivity contribution in [2.45, 2.75) is 19.1 Å². The summed E-state index contributed by atoms with van der Waals surface area (Å²) >= 11 is 0. The van der Waals surface area contributed by atoms with E-state index in [4.69, 9.17) is 9.47 Å². The smallest absolute Gasteiger partial charge is 0.243 e. The van der Waals surface area contributed by atoms with Crippen molar-refractivity contribution in [1.82, 2.24) is 10.7 Å². The highest BCUT2D eigenvalue weighted by atomic mass is 19.1. The molecule has 4 N–H and O–H groups in total. The molecule has 2 amide bonds. The Hall–Kier alpha value is -3.76. The Bertz CT molecular complexity index is 979. The lowest BCUT2D eigenvalue weighted by Crippen LogP contribution is -2.34. The lowest BCUT2D eigenvalue weighted by atomic mass is 10.0. The van der Waals surface area contributed by atoms with Gasteiger partial charge in [0.25, 0.3) is 0 Å². The number of nitrogens with zero attached hydrogens (tertiary/aromatic N) is 1. The second kappa shape index (κ2) is 13.7. The van der Waals surface area contributed by atoms with Gasteiger partial charge in [-0.3, -0.25) is 9.59 Å². The lowest BCUT2D eigenvalue weighted by molar-refractivity contribution is -0.119. The fourth-order valence-electron chi connectivity index (χ4n) is 2.63. The first kappa shape index (κ1) is 26.5. The van der Waals surface area contributed by atoms with Crippen molar-refractivity contribution in [2.24, 2.45) is 5.10 Å². The molecule has 9 nitrogen and oxygen atoms in total. The number of hydrogen-bond acceptors (Lipinski definition) is 7. The summed E-state index contributed by atoms with van der Waals surface area (Å²) in [6.45, 7) is 3.62. The van der Waals surface area contributed by atoms with Crippen LogP contribution in [0, 0.1) is 0 Å². The number of aliphatic hydroxyl groups excluding tert-OH is 2. The number of aliphatic hydroxyl groups is 2.